The zero-order valence-corrected chi connectivity index (χ0v) is 28.8. The van der Waals surface area contributed by atoms with Crippen molar-refractivity contribution in [2.75, 3.05) is 38.5 Å². The summed E-state index contributed by atoms with van der Waals surface area (Å²) in [5.41, 5.74) is 0.310. The molecule has 0 radical (unpaired) electrons. The van der Waals surface area contributed by atoms with Gasteiger partial charge >= 0.3 is 12.1 Å². The van der Waals surface area contributed by atoms with Crippen LogP contribution in [0.5, 0.6) is 11.5 Å². The van der Waals surface area contributed by atoms with Gasteiger partial charge in [-0.2, -0.15) is 13.2 Å². The third kappa shape index (κ3) is 9.05. The minimum atomic E-state index is -5.08. The molecule has 2 aliphatic heterocycles. The van der Waals surface area contributed by atoms with Gasteiger partial charge in [-0.1, -0.05) is 24.3 Å². The number of carbonyl (C=O) groups is 4. The fourth-order valence-electron chi connectivity index (χ4n) is 5.66. The molecule has 3 aromatic carbocycles. The molecule has 1 fully saturated rings. The molecule has 2 aliphatic rings. The predicted molar refractivity (Wildman–Crippen MR) is 178 cm³/mol. The highest BCUT2D eigenvalue weighted by atomic mass is 32.2. The van der Waals surface area contributed by atoms with Crippen molar-refractivity contribution in [1.29, 1.82) is 0 Å². The van der Waals surface area contributed by atoms with E-state index in [1.165, 1.54) is 13.2 Å². The van der Waals surface area contributed by atoms with Crippen molar-refractivity contribution in [3.05, 3.63) is 65.7 Å². The molecule has 51 heavy (non-hydrogen) atoms. The number of amides is 3. The molecule has 14 nitrogen and oxygen atoms in total. The van der Waals surface area contributed by atoms with Crippen LogP contribution in [0.3, 0.4) is 0 Å². The molecule has 18 heteroatoms. The van der Waals surface area contributed by atoms with Gasteiger partial charge in [0.25, 0.3) is 11.8 Å². The fourth-order valence-corrected chi connectivity index (χ4v) is 6.12. The van der Waals surface area contributed by atoms with E-state index in [4.69, 9.17) is 24.1 Å². The summed E-state index contributed by atoms with van der Waals surface area (Å²) in [4.78, 5) is 50.9. The minimum absolute atomic E-state index is 0.0507. The van der Waals surface area contributed by atoms with Crippen molar-refractivity contribution >= 4 is 50.2 Å². The summed E-state index contributed by atoms with van der Waals surface area (Å²) in [5, 5.41) is 14.4. The number of para-hydroxylation sites is 2. The van der Waals surface area contributed by atoms with E-state index in [1.807, 2.05) is 16.9 Å². The van der Waals surface area contributed by atoms with Crippen LogP contribution in [-0.4, -0.2) is 94.7 Å². The zero-order valence-electron chi connectivity index (χ0n) is 28.0. The Labute approximate surface area is 291 Å². The summed E-state index contributed by atoms with van der Waals surface area (Å²) in [6.45, 7) is 2.51. The highest BCUT2D eigenvalue weighted by Gasteiger charge is 2.52. The Hall–Kier alpha value is -4.94. The van der Waals surface area contributed by atoms with E-state index in [-0.39, 0.29) is 23.9 Å². The molecule has 4 N–H and O–H groups in total. The Morgan fingerprint density at radius 1 is 1.10 bits per heavy atom. The number of likely N-dealkylation sites (N-methyl/N-ethyl adjacent to an activating group) is 1. The van der Waals surface area contributed by atoms with Gasteiger partial charge in [0.15, 0.2) is 0 Å². The van der Waals surface area contributed by atoms with E-state index in [1.54, 1.807) is 55.3 Å². The van der Waals surface area contributed by atoms with Gasteiger partial charge in [0.1, 0.15) is 23.1 Å². The van der Waals surface area contributed by atoms with Gasteiger partial charge in [-0.15, -0.1) is 0 Å². The van der Waals surface area contributed by atoms with E-state index >= 15 is 0 Å². The molecule has 1 saturated heterocycles. The molecule has 0 aliphatic carbocycles. The van der Waals surface area contributed by atoms with Crippen molar-refractivity contribution in [2.45, 2.75) is 50.2 Å². The van der Waals surface area contributed by atoms with E-state index in [0.717, 1.165) is 6.26 Å². The van der Waals surface area contributed by atoms with Gasteiger partial charge in [-0.3, -0.25) is 14.4 Å². The number of methoxy groups -OCH3 is 1. The number of hydrogen-bond donors (Lipinski definition) is 4. The molecule has 2 heterocycles. The number of carboxylic acids is 1. The second kappa shape index (κ2) is 15.5. The van der Waals surface area contributed by atoms with Gasteiger partial charge in [-0.05, 0) is 55.1 Å². The molecule has 0 bridgehead atoms. The highest BCUT2D eigenvalue weighted by molar-refractivity contribution is 7.89. The lowest BCUT2D eigenvalue weighted by Crippen LogP contribution is -2.65. The number of rotatable bonds is 8. The standard InChI is InChI=1S/C31H36N4O8S.C2HF3O2/c1-19(32-2)28(36)33-27-30(38)35(24-7-5-6-8-26(24)43-31(27)13-15-42-16-14-31)18-23-22-11-9-21(29(37)34-44(4,39)40)17-20(22)10-12-25(23)41-3;3-2(4,5)1(6)7/h5-12,17,19,27,32H,13-16,18H2,1-4H3,(H,33,36)(H,34,37);(H,6,7)/t19-,27+;/m0./s1. The monoisotopic (exact) mass is 738 g/mol. The number of aliphatic carboxylic acids is 1. The van der Waals surface area contributed by atoms with Crippen molar-refractivity contribution in [3.8, 4) is 11.5 Å². The maximum absolute atomic E-state index is 14.7. The van der Waals surface area contributed by atoms with Crippen LogP contribution in [0.4, 0.5) is 18.9 Å². The van der Waals surface area contributed by atoms with Gasteiger partial charge in [0.05, 0.1) is 44.9 Å². The van der Waals surface area contributed by atoms with Crippen LogP contribution in [0.2, 0.25) is 0 Å². The Kier molecular flexibility index (Phi) is 11.8. The number of fused-ring (bicyclic) bond motifs is 2. The molecule has 0 saturated carbocycles. The van der Waals surface area contributed by atoms with Crippen molar-refractivity contribution in [3.63, 3.8) is 0 Å². The lowest BCUT2D eigenvalue weighted by molar-refractivity contribution is -0.192. The molecular weight excluding hydrogens is 701 g/mol. The van der Waals surface area contributed by atoms with E-state index in [0.29, 0.717) is 59.6 Å². The van der Waals surface area contributed by atoms with Crippen LogP contribution in [0.25, 0.3) is 10.8 Å². The number of carbonyl (C=O) groups excluding carboxylic acids is 3. The number of nitrogens with zero attached hydrogens (tertiary/aromatic N) is 1. The number of anilines is 1. The van der Waals surface area contributed by atoms with Crippen LogP contribution in [0.15, 0.2) is 54.6 Å². The topological polar surface area (TPSA) is 190 Å². The average Bonchev–Trinajstić information content (AvgIpc) is 3.16. The fraction of sp³-hybridized carbons (Fsp3) is 0.394. The first-order chi connectivity index (χ1) is 23.9. The number of ether oxygens (including phenoxy) is 3. The zero-order chi connectivity index (χ0) is 37.7. The first-order valence-electron chi connectivity index (χ1n) is 15.5. The lowest BCUT2D eigenvalue weighted by Gasteiger charge is -2.41. The molecular formula is C33H37F3N4O10S. The second-order valence-electron chi connectivity index (χ2n) is 11.8. The van der Waals surface area contributed by atoms with Gasteiger partial charge in [-0.25, -0.2) is 17.9 Å². The Bertz CT molecular complexity index is 1920. The molecule has 276 valence electrons. The van der Waals surface area contributed by atoms with Crippen LogP contribution in [0, 0.1) is 0 Å². The molecule has 1 spiro atoms. The molecule has 5 rings (SSSR count). The number of nitrogens with one attached hydrogen (secondary N) is 3. The summed E-state index contributed by atoms with van der Waals surface area (Å²) in [7, 11) is -0.553. The number of hydrogen-bond acceptors (Lipinski definition) is 10. The third-order valence-electron chi connectivity index (χ3n) is 8.37. The Morgan fingerprint density at radius 3 is 2.33 bits per heavy atom. The van der Waals surface area contributed by atoms with Crippen molar-refractivity contribution < 1.29 is 60.1 Å². The maximum atomic E-state index is 14.7. The van der Waals surface area contributed by atoms with Crippen LogP contribution in [0.1, 0.15) is 35.7 Å². The van der Waals surface area contributed by atoms with E-state index in [2.05, 4.69) is 10.6 Å². The van der Waals surface area contributed by atoms with Crippen LogP contribution < -0.4 is 29.7 Å². The summed E-state index contributed by atoms with van der Waals surface area (Å²) < 4.78 is 75.0. The van der Waals surface area contributed by atoms with Crippen LogP contribution >= 0.6 is 0 Å². The van der Waals surface area contributed by atoms with Gasteiger partial charge < -0.3 is 34.9 Å². The smallest absolute Gasteiger partial charge is 0.490 e. The minimum Gasteiger partial charge on any atom is -0.496 e. The number of halogens is 3. The summed E-state index contributed by atoms with van der Waals surface area (Å²) in [6.07, 6.45) is -3.38. The van der Waals surface area contributed by atoms with E-state index < -0.39 is 45.8 Å². The largest absolute Gasteiger partial charge is 0.496 e. The summed E-state index contributed by atoms with van der Waals surface area (Å²) >= 11 is 0. The molecule has 0 aromatic heterocycles. The Balaban J connectivity index is 0.000000755. The molecule has 3 aromatic rings. The van der Waals surface area contributed by atoms with Gasteiger partial charge in [0.2, 0.25) is 15.9 Å². The van der Waals surface area contributed by atoms with Crippen molar-refractivity contribution in [1.82, 2.24) is 15.4 Å². The predicted octanol–water partition coefficient (Wildman–Crippen LogP) is 2.74. The number of alkyl halides is 3. The summed E-state index contributed by atoms with van der Waals surface area (Å²) in [6, 6.07) is 14.0. The first-order valence-corrected chi connectivity index (χ1v) is 17.4. The molecule has 0 unspecified atom stereocenters. The third-order valence-corrected chi connectivity index (χ3v) is 8.92. The van der Waals surface area contributed by atoms with Crippen LogP contribution in [-0.2, 0) is 35.7 Å². The number of sulfonamides is 1. The van der Waals surface area contributed by atoms with E-state index in [9.17, 15) is 36.0 Å². The van der Waals surface area contributed by atoms with Gasteiger partial charge in [0, 0.05) is 24.0 Å². The summed E-state index contributed by atoms with van der Waals surface area (Å²) in [5.74, 6) is -3.19. The average molecular weight is 739 g/mol. The highest BCUT2D eigenvalue weighted by Crippen LogP contribution is 2.42. The normalized spacial score (nSPS) is 17.6. The lowest BCUT2D eigenvalue weighted by atomic mass is 9.84. The van der Waals surface area contributed by atoms with Crippen molar-refractivity contribution in [2.24, 2.45) is 0 Å². The SMILES string of the molecule is CN[C@@H](C)C(=O)N[C@@H]1C(=O)N(Cc2c(OC)ccc3cc(C(=O)NS(C)(=O)=O)ccc23)c2ccccc2OC12CCOCC2.O=C(O)C(F)(F)F. The number of carboxylic acid groups (broad SMARTS) is 1. The maximum Gasteiger partial charge on any atom is 0.490 e. The first kappa shape index (κ1) is 38.9. The number of benzene rings is 3. The quantitative estimate of drug-likeness (QED) is 0.266. The molecule has 2 atom stereocenters. The Morgan fingerprint density at radius 2 is 1.75 bits per heavy atom. The second-order valence-corrected chi connectivity index (χ2v) is 13.6. The molecule has 3 amide bonds.